The fourth-order valence-electron chi connectivity index (χ4n) is 5.51. The topological polar surface area (TPSA) is 82.5 Å². The number of aryl methyl sites for hydroxylation is 1. The maximum Gasteiger partial charge on any atom is 0.389 e. The fourth-order valence-corrected chi connectivity index (χ4v) is 5.51. The minimum absolute atomic E-state index is 0.146. The second-order valence-corrected chi connectivity index (χ2v) is 11.2. The molecule has 0 radical (unpaired) electrons. The number of carboxylic acids is 1. The lowest BCUT2D eigenvalue weighted by Gasteiger charge is -2.30. The van der Waals surface area contributed by atoms with Crippen LogP contribution in [0, 0.1) is 12.8 Å². The Morgan fingerprint density at radius 1 is 1.05 bits per heavy atom. The first kappa shape index (κ1) is 28.6. The molecule has 5 rings (SSSR count). The van der Waals surface area contributed by atoms with Gasteiger partial charge < -0.3 is 15.3 Å². The first-order chi connectivity index (χ1) is 19.6. The summed E-state index contributed by atoms with van der Waals surface area (Å²) < 4.78 is 39.7. The number of halogens is 3. The van der Waals surface area contributed by atoms with E-state index in [2.05, 4.69) is 10.3 Å². The Hall–Kier alpha value is -3.88. The van der Waals surface area contributed by atoms with Gasteiger partial charge in [0.15, 0.2) is 0 Å². The molecule has 2 aromatic carbocycles. The number of piperidine rings is 1. The van der Waals surface area contributed by atoms with Crippen LogP contribution in [0.25, 0.3) is 11.1 Å². The molecule has 3 aromatic rings. The van der Waals surface area contributed by atoms with Crippen LogP contribution in [-0.4, -0.2) is 46.1 Å². The van der Waals surface area contributed by atoms with Gasteiger partial charge in [0, 0.05) is 54.1 Å². The zero-order valence-corrected chi connectivity index (χ0v) is 23.0. The van der Waals surface area contributed by atoms with E-state index in [1.54, 1.807) is 29.2 Å². The molecule has 0 bridgehead atoms. The van der Waals surface area contributed by atoms with Crippen molar-refractivity contribution in [1.82, 2.24) is 9.88 Å². The summed E-state index contributed by atoms with van der Waals surface area (Å²) in [6, 6.07) is 15.9. The van der Waals surface area contributed by atoms with Crippen molar-refractivity contribution in [3.8, 4) is 11.1 Å². The number of nitrogens with zero attached hydrogens (tertiary/aromatic N) is 2. The van der Waals surface area contributed by atoms with Crippen molar-refractivity contribution in [2.75, 3.05) is 18.4 Å². The van der Waals surface area contributed by atoms with Crippen molar-refractivity contribution in [1.29, 1.82) is 0 Å². The Morgan fingerprint density at radius 3 is 2.39 bits per heavy atom. The first-order valence-electron chi connectivity index (χ1n) is 14.1. The number of hydrogen-bond acceptors (Lipinski definition) is 4. The second-order valence-electron chi connectivity index (χ2n) is 11.2. The summed E-state index contributed by atoms with van der Waals surface area (Å²) in [5.41, 5.74) is 5.68. The van der Waals surface area contributed by atoms with Crippen LogP contribution in [-0.2, 0) is 4.79 Å². The Labute approximate surface area is 237 Å². The summed E-state index contributed by atoms with van der Waals surface area (Å²) in [5, 5.41) is 12.6. The van der Waals surface area contributed by atoms with Crippen molar-refractivity contribution in [2.24, 2.45) is 5.92 Å². The molecule has 1 saturated carbocycles. The minimum Gasteiger partial charge on any atom is -0.481 e. The van der Waals surface area contributed by atoms with Gasteiger partial charge in [-0.2, -0.15) is 13.2 Å². The highest BCUT2D eigenvalue weighted by molar-refractivity contribution is 5.95. The van der Waals surface area contributed by atoms with Gasteiger partial charge in [0.05, 0.1) is 12.0 Å². The number of pyridine rings is 1. The standard InChI is InChI=1S/C32H34F3N3O3/c1-20-17-23(24-9-13-28(36-18-24)21-4-5-21)8-12-27(20)29(14-15-32(33,34)35)37-26-10-6-22(7-11-26)30(39)38-16-2-3-25(19-38)31(40)41/h6-13,17-18,21,25,29,37H,2-5,14-16,19H2,1H3,(H,40,41)/t25-,29?/m1/s1. The summed E-state index contributed by atoms with van der Waals surface area (Å²) >= 11 is 0. The molecule has 0 spiro atoms. The summed E-state index contributed by atoms with van der Waals surface area (Å²) in [6.07, 6.45) is 0.0155. The highest BCUT2D eigenvalue weighted by Gasteiger charge is 2.30. The quantitative estimate of drug-likeness (QED) is 0.283. The smallest absolute Gasteiger partial charge is 0.389 e. The molecule has 1 aliphatic heterocycles. The van der Waals surface area contributed by atoms with E-state index in [0.717, 1.165) is 27.9 Å². The number of carboxylic acid groups (broad SMARTS) is 1. The maximum atomic E-state index is 13.2. The average molecular weight is 566 g/mol. The molecule has 1 aliphatic carbocycles. The van der Waals surface area contributed by atoms with Crippen LogP contribution < -0.4 is 5.32 Å². The van der Waals surface area contributed by atoms with E-state index in [4.69, 9.17) is 0 Å². The molecule has 9 heteroatoms. The van der Waals surface area contributed by atoms with Crippen molar-refractivity contribution in [3.63, 3.8) is 0 Å². The van der Waals surface area contributed by atoms with Crippen LogP contribution in [0.3, 0.4) is 0 Å². The number of likely N-dealkylation sites (tertiary alicyclic amines) is 1. The minimum atomic E-state index is -4.29. The number of anilines is 1. The van der Waals surface area contributed by atoms with Crippen molar-refractivity contribution >= 4 is 17.6 Å². The van der Waals surface area contributed by atoms with Gasteiger partial charge in [0.1, 0.15) is 0 Å². The van der Waals surface area contributed by atoms with Gasteiger partial charge in [-0.3, -0.25) is 14.6 Å². The number of nitrogens with one attached hydrogen (secondary N) is 1. The number of rotatable bonds is 9. The van der Waals surface area contributed by atoms with E-state index >= 15 is 0 Å². The Kier molecular flexibility index (Phi) is 8.33. The molecule has 1 amide bonds. The molecular formula is C32H34F3N3O3. The molecule has 6 nitrogen and oxygen atoms in total. The van der Waals surface area contributed by atoms with Gasteiger partial charge in [0.25, 0.3) is 5.91 Å². The zero-order chi connectivity index (χ0) is 29.1. The van der Waals surface area contributed by atoms with E-state index in [0.29, 0.717) is 36.6 Å². The first-order valence-corrected chi connectivity index (χ1v) is 14.1. The molecule has 216 valence electrons. The third kappa shape index (κ3) is 7.26. The van der Waals surface area contributed by atoms with Gasteiger partial charge >= 0.3 is 12.1 Å². The third-order valence-corrected chi connectivity index (χ3v) is 8.01. The van der Waals surface area contributed by atoms with Crippen LogP contribution in [0.5, 0.6) is 0 Å². The van der Waals surface area contributed by atoms with E-state index in [-0.39, 0.29) is 18.9 Å². The van der Waals surface area contributed by atoms with Gasteiger partial charge in [-0.05, 0) is 86.1 Å². The average Bonchev–Trinajstić information content (AvgIpc) is 3.81. The van der Waals surface area contributed by atoms with E-state index in [1.807, 2.05) is 43.5 Å². The largest absolute Gasteiger partial charge is 0.481 e. The molecule has 1 saturated heterocycles. The number of carbonyl (C=O) groups is 2. The van der Waals surface area contributed by atoms with Crippen molar-refractivity contribution < 1.29 is 27.9 Å². The van der Waals surface area contributed by atoms with Crippen LogP contribution in [0.4, 0.5) is 18.9 Å². The molecular weight excluding hydrogens is 531 g/mol. The van der Waals surface area contributed by atoms with Gasteiger partial charge in [-0.15, -0.1) is 0 Å². The summed E-state index contributed by atoms with van der Waals surface area (Å²) in [6.45, 7) is 2.57. The maximum absolute atomic E-state index is 13.2. The normalized spacial score (nSPS) is 18.1. The summed E-state index contributed by atoms with van der Waals surface area (Å²) in [7, 11) is 0. The third-order valence-electron chi connectivity index (χ3n) is 8.01. The number of amides is 1. The molecule has 2 heterocycles. The lowest BCUT2D eigenvalue weighted by molar-refractivity contribution is -0.143. The molecule has 2 aliphatic rings. The van der Waals surface area contributed by atoms with E-state index in [9.17, 15) is 27.9 Å². The predicted molar refractivity (Wildman–Crippen MR) is 151 cm³/mol. The second kappa shape index (κ2) is 11.9. The van der Waals surface area contributed by atoms with Gasteiger partial charge in [-0.25, -0.2) is 0 Å². The zero-order valence-electron chi connectivity index (χ0n) is 23.0. The molecule has 1 unspecified atom stereocenters. The fraction of sp³-hybridized carbons (Fsp3) is 0.406. The van der Waals surface area contributed by atoms with E-state index < -0.39 is 30.5 Å². The SMILES string of the molecule is Cc1cc(-c2ccc(C3CC3)nc2)ccc1C(CCC(F)(F)F)Nc1ccc(C(=O)N2CCC[C@@H](C(=O)O)C2)cc1. The number of aliphatic carboxylic acids is 1. The molecule has 1 aromatic heterocycles. The van der Waals surface area contributed by atoms with Gasteiger partial charge in [0.2, 0.25) is 0 Å². The Bertz CT molecular complexity index is 1390. The Balaban J connectivity index is 1.31. The molecule has 2 fully saturated rings. The van der Waals surface area contributed by atoms with Crippen LogP contribution in [0.2, 0.25) is 0 Å². The number of carbonyl (C=O) groups excluding carboxylic acids is 1. The van der Waals surface area contributed by atoms with E-state index in [1.165, 1.54) is 12.8 Å². The number of hydrogen-bond donors (Lipinski definition) is 2. The predicted octanol–water partition coefficient (Wildman–Crippen LogP) is 7.37. The van der Waals surface area contributed by atoms with Crippen molar-refractivity contribution in [2.45, 2.75) is 63.6 Å². The lowest BCUT2D eigenvalue weighted by atomic mass is 9.93. The summed E-state index contributed by atoms with van der Waals surface area (Å²) in [5.74, 6) is -1.16. The van der Waals surface area contributed by atoms with Crippen LogP contribution in [0.15, 0.2) is 60.8 Å². The number of benzene rings is 2. The summed E-state index contributed by atoms with van der Waals surface area (Å²) in [4.78, 5) is 30.5. The molecule has 2 N–H and O–H groups in total. The highest BCUT2D eigenvalue weighted by atomic mass is 19.4. The molecule has 41 heavy (non-hydrogen) atoms. The van der Waals surface area contributed by atoms with Gasteiger partial charge in [-0.1, -0.05) is 24.3 Å². The number of aromatic nitrogens is 1. The Morgan fingerprint density at radius 2 is 1.78 bits per heavy atom. The monoisotopic (exact) mass is 565 g/mol. The number of alkyl halides is 3. The lowest BCUT2D eigenvalue weighted by Crippen LogP contribution is -2.42. The van der Waals surface area contributed by atoms with Crippen LogP contribution >= 0.6 is 0 Å². The molecule has 2 atom stereocenters. The van der Waals surface area contributed by atoms with Crippen molar-refractivity contribution in [3.05, 3.63) is 83.2 Å². The van der Waals surface area contributed by atoms with Crippen LogP contribution in [0.1, 0.15) is 77.7 Å². The highest BCUT2D eigenvalue weighted by Crippen LogP contribution is 2.39.